The van der Waals surface area contributed by atoms with Crippen LogP contribution in [0.15, 0.2) is 18.5 Å². The third-order valence-electron chi connectivity index (χ3n) is 2.60. The van der Waals surface area contributed by atoms with Gasteiger partial charge in [-0.1, -0.05) is 0 Å². The van der Waals surface area contributed by atoms with Gasteiger partial charge < -0.3 is 9.64 Å². The molecule has 19 heavy (non-hydrogen) atoms. The molecule has 0 saturated heterocycles. The van der Waals surface area contributed by atoms with Gasteiger partial charge in [0.05, 0.1) is 12.7 Å². The molecule has 5 nitrogen and oxygen atoms in total. The monoisotopic (exact) mass is 291 g/mol. The molecule has 2 rings (SSSR count). The smallest absolute Gasteiger partial charge is 0.338 e. The number of fused-ring (bicyclic) bond motifs is 1. The predicted octanol–water partition coefficient (Wildman–Crippen LogP) is 2.16. The number of hydrogen-bond donors (Lipinski definition) is 0. The molecule has 1 aromatic rings. The van der Waals surface area contributed by atoms with Gasteiger partial charge in [0.25, 0.3) is 0 Å². The molecule has 8 heteroatoms. The Morgan fingerprint density at radius 2 is 2.42 bits per heavy atom. The van der Waals surface area contributed by atoms with Crippen molar-refractivity contribution in [2.45, 2.75) is 5.38 Å². The lowest BCUT2D eigenvalue weighted by molar-refractivity contribution is 0.0663. The number of nitrogens with zero attached hydrogens (tertiary/aromatic N) is 3. The maximum atomic E-state index is 12.7. The molecule has 0 N–H and O–H groups in total. The van der Waals surface area contributed by atoms with Gasteiger partial charge in [-0.15, -0.1) is 0 Å². The van der Waals surface area contributed by atoms with Crippen LogP contribution in [0.2, 0.25) is 0 Å². The van der Waals surface area contributed by atoms with Crippen molar-refractivity contribution in [2.24, 2.45) is 0 Å². The lowest BCUT2D eigenvalue weighted by Crippen LogP contribution is -2.47. The van der Waals surface area contributed by atoms with Crippen LogP contribution in [-0.4, -0.2) is 48.0 Å². The first-order chi connectivity index (χ1) is 8.88. The van der Waals surface area contributed by atoms with E-state index in [0.29, 0.717) is 18.0 Å². The first-order valence-electron chi connectivity index (χ1n) is 5.54. The largest absolute Gasteiger partial charge is 0.489 e. The summed E-state index contributed by atoms with van der Waals surface area (Å²) in [6.07, 6.45) is 2.99. The number of ether oxygens (including phenoxy) is 1. The molecule has 0 aromatic carbocycles. The third kappa shape index (κ3) is 3.23. The van der Waals surface area contributed by atoms with E-state index in [1.807, 2.05) is 0 Å². The summed E-state index contributed by atoms with van der Waals surface area (Å²) < 4.78 is 30.8. The fourth-order valence-corrected chi connectivity index (χ4v) is 1.99. The number of halogens is 3. The van der Waals surface area contributed by atoms with Crippen LogP contribution in [-0.2, 0) is 0 Å². The van der Waals surface area contributed by atoms with Crippen molar-refractivity contribution in [1.29, 1.82) is 0 Å². The highest BCUT2D eigenvalue weighted by molar-refractivity contribution is 6.22. The molecule has 0 atom stereocenters. The number of carbonyl (C=O) groups excluding carboxylic acids is 1. The zero-order valence-electron chi connectivity index (χ0n) is 10.1. The Labute approximate surface area is 113 Å². The summed E-state index contributed by atoms with van der Waals surface area (Å²) in [5, 5.41) is -3.45. The van der Waals surface area contributed by atoms with E-state index in [4.69, 9.17) is 16.3 Å². The molecule has 0 bridgehead atoms. The summed E-state index contributed by atoms with van der Waals surface area (Å²) in [4.78, 5) is 18.2. The molecule has 0 fully saturated rings. The minimum Gasteiger partial charge on any atom is -0.489 e. The average molecular weight is 292 g/mol. The van der Waals surface area contributed by atoms with Crippen LogP contribution in [0.1, 0.15) is 0 Å². The van der Waals surface area contributed by atoms with E-state index in [2.05, 4.69) is 4.98 Å². The second-order valence-electron chi connectivity index (χ2n) is 4.10. The maximum absolute atomic E-state index is 12.7. The number of alkyl halides is 3. The van der Waals surface area contributed by atoms with E-state index in [9.17, 15) is 13.6 Å². The lowest BCUT2D eigenvalue weighted by Gasteiger charge is -2.32. The van der Waals surface area contributed by atoms with E-state index in [-0.39, 0.29) is 6.54 Å². The minimum atomic E-state index is -3.45. The highest BCUT2D eigenvalue weighted by atomic mass is 35.5. The molecule has 0 aliphatic carbocycles. The Morgan fingerprint density at radius 1 is 1.68 bits per heavy atom. The normalized spacial score (nSPS) is 14.6. The molecular weight excluding hydrogens is 280 g/mol. The SMILES string of the molecule is CN(CC(F)(F)Cl)C(=O)N1CCOc2ccncc21. The number of pyridine rings is 1. The van der Waals surface area contributed by atoms with Crippen molar-refractivity contribution in [3.63, 3.8) is 0 Å². The molecule has 0 unspecified atom stereocenters. The van der Waals surface area contributed by atoms with Gasteiger partial charge in [-0.3, -0.25) is 9.88 Å². The number of urea groups is 1. The van der Waals surface area contributed by atoms with E-state index in [1.165, 1.54) is 24.3 Å². The highest BCUT2D eigenvalue weighted by Gasteiger charge is 2.32. The minimum absolute atomic E-state index is 0.274. The van der Waals surface area contributed by atoms with Crippen LogP contribution in [0, 0.1) is 0 Å². The fraction of sp³-hybridized carbons (Fsp3) is 0.455. The van der Waals surface area contributed by atoms with Gasteiger partial charge in [0.2, 0.25) is 0 Å². The first-order valence-corrected chi connectivity index (χ1v) is 5.92. The Morgan fingerprint density at radius 3 is 3.11 bits per heavy atom. The maximum Gasteiger partial charge on any atom is 0.338 e. The third-order valence-corrected chi connectivity index (χ3v) is 2.72. The molecule has 1 aliphatic rings. The summed E-state index contributed by atoms with van der Waals surface area (Å²) in [7, 11) is 1.27. The molecule has 104 valence electrons. The van der Waals surface area contributed by atoms with Crippen molar-refractivity contribution >= 4 is 23.3 Å². The van der Waals surface area contributed by atoms with E-state index >= 15 is 0 Å². The highest BCUT2D eigenvalue weighted by Crippen LogP contribution is 2.31. The van der Waals surface area contributed by atoms with Crippen molar-refractivity contribution < 1.29 is 18.3 Å². The molecule has 0 saturated carbocycles. The zero-order chi connectivity index (χ0) is 14.0. The number of anilines is 1. The van der Waals surface area contributed by atoms with Crippen molar-refractivity contribution in [1.82, 2.24) is 9.88 Å². The topological polar surface area (TPSA) is 45.7 Å². The lowest BCUT2D eigenvalue weighted by atomic mass is 10.3. The fourth-order valence-electron chi connectivity index (χ4n) is 1.81. The number of aromatic nitrogens is 1. The van der Waals surface area contributed by atoms with Gasteiger partial charge in [-0.2, -0.15) is 8.78 Å². The van der Waals surface area contributed by atoms with Crippen LogP contribution in [0.4, 0.5) is 19.3 Å². The van der Waals surface area contributed by atoms with Crippen LogP contribution < -0.4 is 9.64 Å². The Balaban J connectivity index is 2.17. The van der Waals surface area contributed by atoms with Gasteiger partial charge in [0.15, 0.2) is 0 Å². The van der Waals surface area contributed by atoms with Gasteiger partial charge in [-0.05, 0) is 11.6 Å². The van der Waals surface area contributed by atoms with Crippen LogP contribution >= 0.6 is 11.6 Å². The van der Waals surface area contributed by atoms with Gasteiger partial charge in [0.1, 0.15) is 24.6 Å². The van der Waals surface area contributed by atoms with Crippen LogP contribution in [0.3, 0.4) is 0 Å². The summed E-state index contributed by atoms with van der Waals surface area (Å²) in [6.45, 7) is -0.288. The standard InChI is InChI=1S/C11H12ClF2N3O2/c1-16(7-11(12,13)14)10(18)17-4-5-19-9-2-3-15-6-8(9)17/h2-3,6H,4-5,7H2,1H3. The van der Waals surface area contributed by atoms with Crippen LogP contribution in [0.25, 0.3) is 0 Å². The molecule has 1 aromatic heterocycles. The van der Waals surface area contributed by atoms with E-state index in [1.54, 1.807) is 6.07 Å². The van der Waals surface area contributed by atoms with Crippen molar-refractivity contribution in [2.75, 3.05) is 31.6 Å². The summed E-state index contributed by atoms with van der Waals surface area (Å²) in [6, 6.07) is 1.04. The Kier molecular flexibility index (Phi) is 3.75. The quantitative estimate of drug-likeness (QED) is 0.785. The summed E-state index contributed by atoms with van der Waals surface area (Å²) >= 11 is 4.83. The average Bonchev–Trinajstić information content (AvgIpc) is 2.35. The second kappa shape index (κ2) is 5.16. The molecule has 2 amide bonds. The molecular formula is C11H12ClF2N3O2. The van der Waals surface area contributed by atoms with Gasteiger partial charge >= 0.3 is 11.4 Å². The van der Waals surface area contributed by atoms with Crippen LogP contribution in [0.5, 0.6) is 5.75 Å². The van der Waals surface area contributed by atoms with E-state index in [0.717, 1.165) is 4.90 Å². The van der Waals surface area contributed by atoms with Gasteiger partial charge in [0, 0.05) is 19.3 Å². The number of carbonyl (C=O) groups is 1. The molecule has 2 heterocycles. The van der Waals surface area contributed by atoms with E-state index < -0.39 is 18.0 Å². The van der Waals surface area contributed by atoms with Crippen molar-refractivity contribution in [3.8, 4) is 5.75 Å². The Bertz CT molecular complexity index is 481. The Hall–Kier alpha value is -1.63. The summed E-state index contributed by atoms with van der Waals surface area (Å²) in [5.74, 6) is 0.501. The molecule has 0 spiro atoms. The number of amides is 2. The number of rotatable bonds is 2. The number of hydrogen-bond acceptors (Lipinski definition) is 3. The zero-order valence-corrected chi connectivity index (χ0v) is 10.9. The predicted molar refractivity (Wildman–Crippen MR) is 65.9 cm³/mol. The second-order valence-corrected chi connectivity index (χ2v) is 4.65. The van der Waals surface area contributed by atoms with Crippen molar-refractivity contribution in [3.05, 3.63) is 18.5 Å². The molecule has 0 radical (unpaired) electrons. The summed E-state index contributed by atoms with van der Waals surface area (Å²) in [5.41, 5.74) is 0.462. The first kappa shape index (κ1) is 13.8. The molecule has 1 aliphatic heterocycles. The van der Waals surface area contributed by atoms with Gasteiger partial charge in [-0.25, -0.2) is 4.79 Å².